The van der Waals surface area contributed by atoms with E-state index in [0.29, 0.717) is 6.61 Å². The van der Waals surface area contributed by atoms with E-state index in [0.717, 1.165) is 35.4 Å². The predicted molar refractivity (Wildman–Crippen MR) is 81.1 cm³/mol. The molecule has 0 saturated carbocycles. The van der Waals surface area contributed by atoms with E-state index in [9.17, 15) is 0 Å². The summed E-state index contributed by atoms with van der Waals surface area (Å²) in [6.07, 6.45) is 0.278. The van der Waals surface area contributed by atoms with Gasteiger partial charge in [0.15, 0.2) is 0 Å². The summed E-state index contributed by atoms with van der Waals surface area (Å²) in [5, 5.41) is 4.42. The summed E-state index contributed by atoms with van der Waals surface area (Å²) in [5.74, 6) is 0.812. The standard InChI is InChI=1S/C16H22N2O2/c1-12(2)20-10-9-17-11-14-8-7-13-5-4-6-15(19-3)16(13)18-14/h4-8,12,17H,9-11H2,1-3H3. The van der Waals surface area contributed by atoms with Crippen molar-refractivity contribution in [1.29, 1.82) is 0 Å². The zero-order chi connectivity index (χ0) is 14.4. The Balaban J connectivity index is 1.97. The van der Waals surface area contributed by atoms with Crippen LogP contribution in [0.4, 0.5) is 0 Å². The molecular formula is C16H22N2O2. The molecule has 0 unspecified atom stereocenters. The Kier molecular flexibility index (Phi) is 5.32. The number of hydrogen-bond donors (Lipinski definition) is 1. The minimum absolute atomic E-state index is 0.278. The molecule has 0 saturated heterocycles. The topological polar surface area (TPSA) is 43.4 Å². The lowest BCUT2D eigenvalue weighted by Crippen LogP contribution is -2.21. The fourth-order valence-electron chi connectivity index (χ4n) is 2.01. The van der Waals surface area contributed by atoms with E-state index < -0.39 is 0 Å². The maximum Gasteiger partial charge on any atom is 0.145 e. The molecule has 1 aromatic carbocycles. The molecule has 108 valence electrons. The Morgan fingerprint density at radius 1 is 1.20 bits per heavy atom. The van der Waals surface area contributed by atoms with Crippen molar-refractivity contribution < 1.29 is 9.47 Å². The number of ether oxygens (including phenoxy) is 2. The number of pyridine rings is 1. The van der Waals surface area contributed by atoms with Crippen LogP contribution in [0, 0.1) is 0 Å². The second-order valence-electron chi connectivity index (χ2n) is 4.93. The first-order valence-electron chi connectivity index (χ1n) is 6.95. The second-order valence-corrected chi connectivity index (χ2v) is 4.93. The van der Waals surface area contributed by atoms with Gasteiger partial charge in [-0.25, -0.2) is 4.98 Å². The zero-order valence-electron chi connectivity index (χ0n) is 12.3. The molecule has 0 spiro atoms. The van der Waals surface area contributed by atoms with Crippen LogP contribution in [0.25, 0.3) is 10.9 Å². The summed E-state index contributed by atoms with van der Waals surface area (Å²) in [7, 11) is 1.67. The van der Waals surface area contributed by atoms with Gasteiger partial charge in [-0.1, -0.05) is 18.2 Å². The number of rotatable bonds is 7. The van der Waals surface area contributed by atoms with Crippen LogP contribution in [0.15, 0.2) is 30.3 Å². The molecule has 0 aliphatic heterocycles. The van der Waals surface area contributed by atoms with Crippen LogP contribution < -0.4 is 10.1 Å². The molecule has 0 radical (unpaired) electrons. The Morgan fingerprint density at radius 2 is 2.05 bits per heavy atom. The quantitative estimate of drug-likeness (QED) is 0.788. The van der Waals surface area contributed by atoms with E-state index in [-0.39, 0.29) is 6.10 Å². The van der Waals surface area contributed by atoms with Crippen molar-refractivity contribution in [3.05, 3.63) is 36.0 Å². The Labute approximate surface area is 120 Å². The van der Waals surface area contributed by atoms with E-state index in [1.54, 1.807) is 7.11 Å². The van der Waals surface area contributed by atoms with Crippen LogP contribution in [0.1, 0.15) is 19.5 Å². The van der Waals surface area contributed by atoms with Gasteiger partial charge in [0.1, 0.15) is 11.3 Å². The van der Waals surface area contributed by atoms with Gasteiger partial charge in [0.2, 0.25) is 0 Å². The van der Waals surface area contributed by atoms with Crippen molar-refractivity contribution in [3.8, 4) is 5.75 Å². The Hall–Kier alpha value is -1.65. The number of nitrogens with zero attached hydrogens (tertiary/aromatic N) is 1. The van der Waals surface area contributed by atoms with Crippen molar-refractivity contribution >= 4 is 10.9 Å². The summed E-state index contributed by atoms with van der Waals surface area (Å²) in [6.45, 7) is 6.35. The molecule has 0 bridgehead atoms. The van der Waals surface area contributed by atoms with Crippen molar-refractivity contribution in [2.75, 3.05) is 20.3 Å². The lowest BCUT2D eigenvalue weighted by Gasteiger charge is -2.09. The number of nitrogens with one attached hydrogen (secondary N) is 1. The molecule has 4 heteroatoms. The SMILES string of the molecule is COc1cccc2ccc(CNCCOC(C)C)nc12. The fraction of sp³-hybridized carbons (Fsp3) is 0.438. The van der Waals surface area contributed by atoms with Crippen LogP contribution in [0.2, 0.25) is 0 Å². The van der Waals surface area contributed by atoms with Gasteiger partial charge in [-0.15, -0.1) is 0 Å². The molecule has 1 N–H and O–H groups in total. The van der Waals surface area contributed by atoms with Gasteiger partial charge in [-0.2, -0.15) is 0 Å². The highest BCUT2D eigenvalue weighted by molar-refractivity contribution is 5.84. The third-order valence-electron chi connectivity index (χ3n) is 3.00. The third kappa shape index (κ3) is 3.92. The highest BCUT2D eigenvalue weighted by Crippen LogP contribution is 2.23. The van der Waals surface area contributed by atoms with Crippen molar-refractivity contribution in [1.82, 2.24) is 10.3 Å². The fourth-order valence-corrected chi connectivity index (χ4v) is 2.01. The van der Waals surface area contributed by atoms with Crippen LogP contribution in [-0.2, 0) is 11.3 Å². The maximum atomic E-state index is 5.48. The minimum Gasteiger partial charge on any atom is -0.494 e. The number of para-hydroxylation sites is 1. The van der Waals surface area contributed by atoms with Crippen LogP contribution in [-0.4, -0.2) is 31.3 Å². The third-order valence-corrected chi connectivity index (χ3v) is 3.00. The average molecular weight is 274 g/mol. The number of benzene rings is 1. The average Bonchev–Trinajstić information content (AvgIpc) is 2.45. The van der Waals surface area contributed by atoms with Gasteiger partial charge < -0.3 is 14.8 Å². The number of hydrogen-bond acceptors (Lipinski definition) is 4. The van der Waals surface area contributed by atoms with E-state index in [1.807, 2.05) is 38.1 Å². The van der Waals surface area contributed by atoms with Crippen molar-refractivity contribution in [2.45, 2.75) is 26.5 Å². The van der Waals surface area contributed by atoms with Gasteiger partial charge in [0.05, 0.1) is 25.5 Å². The van der Waals surface area contributed by atoms with E-state index in [1.165, 1.54) is 0 Å². The molecule has 2 rings (SSSR count). The molecule has 0 amide bonds. The van der Waals surface area contributed by atoms with Crippen molar-refractivity contribution in [2.24, 2.45) is 0 Å². The monoisotopic (exact) mass is 274 g/mol. The zero-order valence-corrected chi connectivity index (χ0v) is 12.3. The molecule has 20 heavy (non-hydrogen) atoms. The van der Waals surface area contributed by atoms with Crippen molar-refractivity contribution in [3.63, 3.8) is 0 Å². The van der Waals surface area contributed by atoms with Gasteiger partial charge >= 0.3 is 0 Å². The summed E-state index contributed by atoms with van der Waals surface area (Å²) < 4.78 is 10.8. The minimum atomic E-state index is 0.278. The van der Waals surface area contributed by atoms with Gasteiger partial charge in [-0.3, -0.25) is 0 Å². The molecule has 2 aromatic rings. The summed E-state index contributed by atoms with van der Waals surface area (Å²) in [6, 6.07) is 10.1. The number of methoxy groups -OCH3 is 1. The molecule has 0 aliphatic carbocycles. The molecule has 1 heterocycles. The molecule has 0 aliphatic rings. The van der Waals surface area contributed by atoms with E-state index in [4.69, 9.17) is 9.47 Å². The highest BCUT2D eigenvalue weighted by Gasteiger charge is 2.03. The molecule has 0 fully saturated rings. The Bertz CT molecular complexity index is 555. The van der Waals surface area contributed by atoms with Crippen LogP contribution >= 0.6 is 0 Å². The smallest absolute Gasteiger partial charge is 0.145 e. The first kappa shape index (κ1) is 14.8. The number of fused-ring (bicyclic) bond motifs is 1. The van der Waals surface area contributed by atoms with Gasteiger partial charge in [0.25, 0.3) is 0 Å². The molecule has 0 atom stereocenters. The van der Waals surface area contributed by atoms with Gasteiger partial charge in [0, 0.05) is 18.5 Å². The lowest BCUT2D eigenvalue weighted by molar-refractivity contribution is 0.0807. The lowest BCUT2D eigenvalue weighted by atomic mass is 10.2. The highest BCUT2D eigenvalue weighted by atomic mass is 16.5. The van der Waals surface area contributed by atoms with Crippen LogP contribution in [0.3, 0.4) is 0 Å². The Morgan fingerprint density at radius 3 is 2.80 bits per heavy atom. The summed E-state index contributed by atoms with van der Waals surface area (Å²) in [5.41, 5.74) is 1.92. The maximum absolute atomic E-state index is 5.48. The van der Waals surface area contributed by atoms with E-state index in [2.05, 4.69) is 16.4 Å². The summed E-state index contributed by atoms with van der Waals surface area (Å²) in [4.78, 5) is 4.65. The molecular weight excluding hydrogens is 252 g/mol. The van der Waals surface area contributed by atoms with E-state index >= 15 is 0 Å². The second kappa shape index (κ2) is 7.22. The molecule has 4 nitrogen and oxygen atoms in total. The van der Waals surface area contributed by atoms with Gasteiger partial charge in [-0.05, 0) is 26.0 Å². The molecule has 1 aromatic heterocycles. The normalized spacial score (nSPS) is 11.2. The predicted octanol–water partition coefficient (Wildman–Crippen LogP) is 2.76. The first-order valence-corrected chi connectivity index (χ1v) is 6.95. The summed E-state index contributed by atoms with van der Waals surface area (Å²) >= 11 is 0. The number of aromatic nitrogens is 1. The first-order chi connectivity index (χ1) is 9.70. The van der Waals surface area contributed by atoms with Crippen LogP contribution in [0.5, 0.6) is 5.75 Å². The largest absolute Gasteiger partial charge is 0.494 e.